The fraction of sp³-hybridized carbons (Fsp3) is 0.355. The molecule has 1 aliphatic heterocycles. The van der Waals surface area contributed by atoms with Crippen LogP contribution in [-0.4, -0.2) is 35.8 Å². The van der Waals surface area contributed by atoms with Crippen LogP contribution in [0.2, 0.25) is 5.02 Å². The van der Waals surface area contributed by atoms with Gasteiger partial charge >= 0.3 is 0 Å². The Morgan fingerprint density at radius 2 is 1.65 bits per heavy atom. The first kappa shape index (κ1) is 26.7. The van der Waals surface area contributed by atoms with E-state index in [4.69, 9.17) is 17.3 Å². The Morgan fingerprint density at radius 1 is 1.00 bits per heavy atom. The maximum absolute atomic E-state index is 13.7. The first-order valence-corrected chi connectivity index (χ1v) is 13.2. The molecule has 0 saturated carbocycles. The van der Waals surface area contributed by atoms with Crippen LogP contribution in [0, 0.1) is 11.3 Å². The number of carbonyl (C=O) groups excluding carboxylic acids is 2. The van der Waals surface area contributed by atoms with Crippen molar-refractivity contribution in [2.75, 3.05) is 18.8 Å². The van der Waals surface area contributed by atoms with E-state index in [9.17, 15) is 9.59 Å². The number of anilines is 1. The van der Waals surface area contributed by atoms with Gasteiger partial charge in [-0.3, -0.25) is 9.59 Å². The van der Waals surface area contributed by atoms with Crippen molar-refractivity contribution in [2.45, 2.75) is 46.1 Å². The second kappa shape index (κ2) is 11.0. The minimum Gasteiger partial charge on any atom is -0.399 e. The lowest BCUT2D eigenvalue weighted by Crippen LogP contribution is -2.55. The molecule has 6 heteroatoms. The van der Waals surface area contributed by atoms with Crippen molar-refractivity contribution in [2.24, 2.45) is 11.3 Å². The van der Waals surface area contributed by atoms with Gasteiger partial charge in [-0.05, 0) is 76.8 Å². The molecule has 37 heavy (non-hydrogen) atoms. The number of hydrogen-bond acceptors (Lipinski definition) is 3. The Labute approximate surface area is 225 Å². The van der Waals surface area contributed by atoms with E-state index in [0.29, 0.717) is 30.3 Å². The maximum atomic E-state index is 13.7. The summed E-state index contributed by atoms with van der Waals surface area (Å²) in [6, 6.07) is 22.4. The van der Waals surface area contributed by atoms with Crippen molar-refractivity contribution in [3.63, 3.8) is 0 Å². The number of likely N-dealkylation sites (tertiary alicyclic amines) is 1. The van der Waals surface area contributed by atoms with Gasteiger partial charge in [0.25, 0.3) is 5.91 Å². The largest absolute Gasteiger partial charge is 0.399 e. The molecule has 0 spiro atoms. The summed E-state index contributed by atoms with van der Waals surface area (Å²) >= 11 is 6.09. The van der Waals surface area contributed by atoms with Gasteiger partial charge in [-0.2, -0.15) is 0 Å². The number of rotatable bonds is 6. The van der Waals surface area contributed by atoms with Crippen molar-refractivity contribution in [1.82, 2.24) is 10.2 Å². The average Bonchev–Trinajstić information content (AvgIpc) is 2.87. The van der Waals surface area contributed by atoms with E-state index in [1.165, 1.54) is 5.56 Å². The highest BCUT2D eigenvalue weighted by atomic mass is 35.5. The minimum absolute atomic E-state index is 0.0297. The molecular weight excluding hydrogens is 482 g/mol. The normalized spacial score (nSPS) is 17.9. The van der Waals surface area contributed by atoms with Gasteiger partial charge in [0.1, 0.15) is 6.04 Å². The number of hydrogen-bond donors (Lipinski definition) is 2. The van der Waals surface area contributed by atoms with Crippen molar-refractivity contribution in [3.8, 4) is 11.1 Å². The predicted molar refractivity (Wildman–Crippen MR) is 152 cm³/mol. The molecule has 5 nitrogen and oxygen atoms in total. The molecule has 0 bridgehead atoms. The van der Waals surface area contributed by atoms with E-state index in [0.717, 1.165) is 22.6 Å². The quantitative estimate of drug-likeness (QED) is 0.372. The van der Waals surface area contributed by atoms with Crippen molar-refractivity contribution >= 4 is 29.1 Å². The smallest absolute Gasteiger partial charge is 0.251 e. The first-order chi connectivity index (χ1) is 17.5. The molecule has 4 rings (SSSR count). The first-order valence-electron chi connectivity index (χ1n) is 12.9. The SMILES string of the molecule is CC(C)[C@@H](NC(=O)c1cccc(-c2cccc(N)c2)c1)C(=O)N1CC[C@H](c2ccc(Cl)cc2)C(C)(C)C1. The number of amides is 2. The number of nitrogen functional groups attached to an aromatic ring is 1. The van der Waals surface area contributed by atoms with Crippen LogP contribution in [0.15, 0.2) is 72.8 Å². The summed E-state index contributed by atoms with van der Waals surface area (Å²) in [6.45, 7) is 9.63. The highest BCUT2D eigenvalue weighted by Gasteiger charge is 2.40. The van der Waals surface area contributed by atoms with E-state index in [-0.39, 0.29) is 23.1 Å². The van der Waals surface area contributed by atoms with Crippen LogP contribution in [0.1, 0.15) is 56.0 Å². The van der Waals surface area contributed by atoms with E-state index in [1.54, 1.807) is 6.07 Å². The summed E-state index contributed by atoms with van der Waals surface area (Å²) < 4.78 is 0. The Bertz CT molecular complexity index is 1270. The molecule has 0 aliphatic carbocycles. The highest BCUT2D eigenvalue weighted by molar-refractivity contribution is 6.30. The van der Waals surface area contributed by atoms with Crippen LogP contribution < -0.4 is 11.1 Å². The molecule has 2 amide bonds. The van der Waals surface area contributed by atoms with E-state index >= 15 is 0 Å². The lowest BCUT2D eigenvalue weighted by molar-refractivity contribution is -0.137. The second-order valence-electron chi connectivity index (χ2n) is 11.0. The molecule has 1 aliphatic rings. The van der Waals surface area contributed by atoms with Crippen LogP contribution in [0.5, 0.6) is 0 Å². The molecule has 0 aromatic heterocycles. The number of halogens is 1. The van der Waals surface area contributed by atoms with Gasteiger partial charge in [0.05, 0.1) is 0 Å². The Balaban J connectivity index is 1.48. The fourth-order valence-electron chi connectivity index (χ4n) is 5.35. The maximum Gasteiger partial charge on any atom is 0.251 e. The van der Waals surface area contributed by atoms with E-state index in [2.05, 4.69) is 31.3 Å². The molecular formula is C31H36ClN3O2. The Hall–Kier alpha value is -3.31. The van der Waals surface area contributed by atoms with Crippen LogP contribution in [-0.2, 0) is 4.79 Å². The molecule has 1 fully saturated rings. The summed E-state index contributed by atoms with van der Waals surface area (Å²) in [5.41, 5.74) is 10.1. The summed E-state index contributed by atoms with van der Waals surface area (Å²) in [4.78, 5) is 28.9. The molecule has 2 atom stereocenters. The van der Waals surface area contributed by atoms with Gasteiger partial charge in [-0.1, -0.05) is 75.7 Å². The summed E-state index contributed by atoms with van der Waals surface area (Å²) in [6.07, 6.45) is 0.862. The van der Waals surface area contributed by atoms with Crippen LogP contribution >= 0.6 is 11.6 Å². The zero-order chi connectivity index (χ0) is 26.7. The van der Waals surface area contributed by atoms with Crippen molar-refractivity contribution in [3.05, 3.63) is 88.9 Å². The lowest BCUT2D eigenvalue weighted by atomic mass is 9.70. The van der Waals surface area contributed by atoms with Crippen LogP contribution in [0.3, 0.4) is 0 Å². The molecule has 194 valence electrons. The van der Waals surface area contributed by atoms with Crippen LogP contribution in [0.25, 0.3) is 11.1 Å². The summed E-state index contributed by atoms with van der Waals surface area (Å²) in [5.74, 6) is -0.00703. The van der Waals surface area contributed by atoms with E-state index < -0.39 is 6.04 Å². The van der Waals surface area contributed by atoms with Crippen LogP contribution in [0.4, 0.5) is 5.69 Å². The van der Waals surface area contributed by atoms with Gasteiger partial charge in [0.2, 0.25) is 5.91 Å². The molecule has 3 aromatic rings. The molecule has 3 aromatic carbocycles. The highest BCUT2D eigenvalue weighted by Crippen LogP contribution is 2.42. The Morgan fingerprint density at radius 3 is 2.27 bits per heavy atom. The lowest BCUT2D eigenvalue weighted by Gasteiger charge is -2.45. The standard InChI is InChI=1S/C31H36ClN3O2/c1-20(2)28(34-29(36)24-9-5-7-22(17-24)23-8-6-10-26(33)18-23)30(37)35-16-15-27(31(3,4)19-35)21-11-13-25(32)14-12-21/h5-14,17-18,20,27-28H,15-16,19,33H2,1-4H3,(H,34,36)/t27-,28-/m1/s1. The summed E-state index contributed by atoms with van der Waals surface area (Å²) in [7, 11) is 0. The van der Waals surface area contributed by atoms with E-state index in [1.807, 2.05) is 73.3 Å². The fourth-order valence-corrected chi connectivity index (χ4v) is 5.48. The third kappa shape index (κ3) is 6.16. The predicted octanol–water partition coefficient (Wildman–Crippen LogP) is 6.39. The number of nitrogens with one attached hydrogen (secondary N) is 1. The zero-order valence-electron chi connectivity index (χ0n) is 22.0. The number of nitrogens with zero attached hydrogens (tertiary/aromatic N) is 1. The van der Waals surface area contributed by atoms with Gasteiger partial charge in [0.15, 0.2) is 0 Å². The topological polar surface area (TPSA) is 75.4 Å². The second-order valence-corrected chi connectivity index (χ2v) is 11.5. The molecule has 0 unspecified atom stereocenters. The average molecular weight is 518 g/mol. The van der Waals surface area contributed by atoms with Gasteiger partial charge in [-0.25, -0.2) is 0 Å². The molecule has 3 N–H and O–H groups in total. The molecule has 1 heterocycles. The van der Waals surface area contributed by atoms with Crippen molar-refractivity contribution < 1.29 is 9.59 Å². The number of nitrogens with two attached hydrogens (primary N) is 1. The van der Waals surface area contributed by atoms with Crippen molar-refractivity contribution in [1.29, 1.82) is 0 Å². The summed E-state index contributed by atoms with van der Waals surface area (Å²) in [5, 5.41) is 3.75. The molecule has 0 radical (unpaired) electrons. The molecule has 1 saturated heterocycles. The minimum atomic E-state index is -0.605. The third-order valence-electron chi connectivity index (χ3n) is 7.38. The number of benzene rings is 3. The zero-order valence-corrected chi connectivity index (χ0v) is 22.8. The van der Waals surface area contributed by atoms with Gasteiger partial charge in [0, 0.05) is 29.4 Å². The Kier molecular flexibility index (Phi) is 7.93. The van der Waals surface area contributed by atoms with Gasteiger partial charge in [-0.15, -0.1) is 0 Å². The van der Waals surface area contributed by atoms with Gasteiger partial charge < -0.3 is 16.0 Å². The monoisotopic (exact) mass is 517 g/mol. The number of piperidine rings is 1. The third-order valence-corrected chi connectivity index (χ3v) is 7.63. The number of carbonyl (C=O) groups is 2.